The van der Waals surface area contributed by atoms with Gasteiger partial charge in [-0.1, -0.05) is 24.3 Å². The number of benzene rings is 2. The highest BCUT2D eigenvalue weighted by Crippen LogP contribution is 2.11. The molecule has 4 aromatic heterocycles. The van der Waals surface area contributed by atoms with Gasteiger partial charge in [-0.3, -0.25) is 25.4 Å². The first kappa shape index (κ1) is 19.9. The first-order chi connectivity index (χ1) is 16.1. The van der Waals surface area contributed by atoms with Crippen LogP contribution in [0.15, 0.2) is 70.5 Å². The summed E-state index contributed by atoms with van der Waals surface area (Å²) in [6, 6.07) is 16.1. The monoisotopic (exact) mass is 438 g/mol. The molecule has 160 valence electrons. The molecule has 33 heavy (non-hydrogen) atoms. The number of aromatic nitrogens is 6. The zero-order valence-electron chi connectivity index (χ0n) is 16.8. The van der Waals surface area contributed by atoms with Crippen molar-refractivity contribution >= 4 is 39.3 Å². The van der Waals surface area contributed by atoms with Crippen molar-refractivity contribution in [2.75, 3.05) is 0 Å². The van der Waals surface area contributed by atoms with E-state index in [4.69, 9.17) is 10.5 Å². The third-order valence-corrected chi connectivity index (χ3v) is 5.02. The average Bonchev–Trinajstić information content (AvgIpc) is 3.45. The minimum absolute atomic E-state index is 0.192. The molecular formula is C22H14N8O3. The molecule has 0 unspecified atom stereocenters. The number of hydrogen-bond acceptors (Lipinski definition) is 8. The third kappa shape index (κ3) is 3.23. The number of nitriles is 1. The summed E-state index contributed by atoms with van der Waals surface area (Å²) in [6.45, 7) is 0. The molecule has 0 spiro atoms. The number of hydroxylamine groups is 1. The van der Waals surface area contributed by atoms with E-state index in [2.05, 4.69) is 20.2 Å². The van der Waals surface area contributed by atoms with Crippen LogP contribution >= 0.6 is 0 Å². The van der Waals surface area contributed by atoms with Crippen molar-refractivity contribution in [3.05, 3.63) is 92.4 Å². The first-order valence-corrected chi connectivity index (χ1v) is 9.67. The van der Waals surface area contributed by atoms with Crippen molar-refractivity contribution in [3.63, 3.8) is 0 Å². The van der Waals surface area contributed by atoms with Gasteiger partial charge in [0.2, 0.25) is 0 Å². The molecule has 0 saturated heterocycles. The summed E-state index contributed by atoms with van der Waals surface area (Å²) in [5, 5.41) is 25.8. The summed E-state index contributed by atoms with van der Waals surface area (Å²) in [7, 11) is 0. The number of fused-ring (bicyclic) bond motifs is 4. The normalized spacial score (nSPS) is 11.6. The highest BCUT2D eigenvalue weighted by Gasteiger charge is 2.09. The second-order valence-corrected chi connectivity index (χ2v) is 6.93. The van der Waals surface area contributed by atoms with Crippen LogP contribution in [0, 0.1) is 11.3 Å². The van der Waals surface area contributed by atoms with Crippen molar-refractivity contribution in [2.24, 2.45) is 0 Å². The van der Waals surface area contributed by atoms with Gasteiger partial charge in [-0.05, 0) is 24.3 Å². The lowest BCUT2D eigenvalue weighted by atomic mass is 10.2. The van der Waals surface area contributed by atoms with E-state index in [1.54, 1.807) is 36.4 Å². The Bertz CT molecular complexity index is 1880. The van der Waals surface area contributed by atoms with Crippen LogP contribution in [0.2, 0.25) is 0 Å². The standard InChI is InChI=1S/C11H8N4O2.C11H6N4O/c16-11-8-3-1-2-4-9(8)14-10-7(6-13-17)5-12-15(10)11;12-5-7-6-13-15-10(7)14-9-4-2-1-3-8(9)11(15)16/h1-6,13,17H;1-4,6,13H. The highest BCUT2D eigenvalue weighted by molar-refractivity contribution is 5.80. The van der Waals surface area contributed by atoms with E-state index in [9.17, 15) is 9.59 Å². The fourth-order valence-electron chi connectivity index (χ4n) is 3.48. The molecular weight excluding hydrogens is 424 g/mol. The Labute approximate surface area is 183 Å². The van der Waals surface area contributed by atoms with Gasteiger partial charge < -0.3 is 0 Å². The number of hydrogen-bond donors (Lipinski definition) is 3. The van der Waals surface area contributed by atoms with Crippen molar-refractivity contribution < 1.29 is 5.21 Å². The summed E-state index contributed by atoms with van der Waals surface area (Å²) >= 11 is 0. The first-order valence-electron chi connectivity index (χ1n) is 9.67. The maximum atomic E-state index is 12.1. The lowest BCUT2D eigenvalue weighted by molar-refractivity contribution is 0.230. The van der Waals surface area contributed by atoms with Crippen LogP contribution in [0.5, 0.6) is 0 Å². The molecule has 0 aliphatic heterocycles. The summed E-state index contributed by atoms with van der Waals surface area (Å²) in [6.07, 6.45) is 4.26. The second kappa shape index (κ2) is 7.88. The van der Waals surface area contributed by atoms with Crippen LogP contribution in [0.4, 0.5) is 0 Å². The van der Waals surface area contributed by atoms with Crippen molar-refractivity contribution in [1.29, 1.82) is 5.26 Å². The van der Waals surface area contributed by atoms with Crippen molar-refractivity contribution in [3.8, 4) is 6.07 Å². The molecule has 0 radical (unpaired) electrons. The minimum Gasteiger partial charge on any atom is -0.295 e. The number of para-hydroxylation sites is 2. The predicted octanol–water partition coefficient (Wildman–Crippen LogP) is 0.726. The molecule has 0 bridgehead atoms. The van der Waals surface area contributed by atoms with Crippen LogP contribution in [0.3, 0.4) is 0 Å². The van der Waals surface area contributed by atoms with Gasteiger partial charge in [0, 0.05) is 12.4 Å². The van der Waals surface area contributed by atoms with E-state index < -0.39 is 0 Å². The van der Waals surface area contributed by atoms with Gasteiger partial charge in [-0.25, -0.2) is 9.97 Å². The largest absolute Gasteiger partial charge is 0.295 e. The fraction of sp³-hybridized carbons (Fsp3) is 0. The summed E-state index contributed by atoms with van der Waals surface area (Å²) in [4.78, 5) is 32.7. The summed E-state index contributed by atoms with van der Waals surface area (Å²) in [5.41, 5.74) is 3.85. The number of aromatic amines is 1. The van der Waals surface area contributed by atoms with Crippen LogP contribution in [-0.4, -0.2) is 34.4 Å². The molecule has 0 aliphatic carbocycles. The van der Waals surface area contributed by atoms with Gasteiger partial charge in [0.05, 0.1) is 33.2 Å². The molecule has 2 aromatic carbocycles. The summed E-state index contributed by atoms with van der Waals surface area (Å²) < 4.78 is 2.49. The molecule has 0 saturated carbocycles. The van der Waals surface area contributed by atoms with E-state index in [0.29, 0.717) is 43.9 Å². The Hall–Kier alpha value is -5.08. The van der Waals surface area contributed by atoms with Gasteiger partial charge in [0.25, 0.3) is 11.1 Å². The molecule has 0 atom stereocenters. The van der Waals surface area contributed by atoms with E-state index in [1.807, 2.05) is 23.7 Å². The third-order valence-electron chi connectivity index (χ3n) is 5.02. The molecule has 0 amide bonds. The summed E-state index contributed by atoms with van der Waals surface area (Å²) in [5.74, 6) is 0. The molecule has 3 N–H and O–H groups in total. The zero-order valence-corrected chi connectivity index (χ0v) is 16.8. The minimum atomic E-state index is -0.219. The Morgan fingerprint density at radius 2 is 1.61 bits per heavy atom. The second-order valence-electron chi connectivity index (χ2n) is 6.93. The predicted molar refractivity (Wildman–Crippen MR) is 119 cm³/mol. The lowest BCUT2D eigenvalue weighted by Crippen LogP contribution is -2.17. The van der Waals surface area contributed by atoms with Crippen LogP contribution < -0.4 is 21.8 Å². The van der Waals surface area contributed by atoms with Crippen molar-refractivity contribution in [2.45, 2.75) is 0 Å². The van der Waals surface area contributed by atoms with E-state index in [1.165, 1.54) is 27.6 Å². The number of H-pyrrole nitrogens is 1. The molecule has 4 heterocycles. The van der Waals surface area contributed by atoms with Crippen molar-refractivity contribution in [1.82, 2.24) is 34.7 Å². The van der Waals surface area contributed by atoms with E-state index in [-0.39, 0.29) is 11.1 Å². The molecule has 11 heteroatoms. The van der Waals surface area contributed by atoms with Gasteiger partial charge in [-0.15, -0.1) is 0 Å². The fourth-order valence-corrected chi connectivity index (χ4v) is 3.48. The number of rotatable bonds is 1. The molecule has 0 aliphatic rings. The maximum Gasteiger partial charge on any atom is 0.282 e. The van der Waals surface area contributed by atoms with Gasteiger partial charge in [0.15, 0.2) is 11.3 Å². The number of nitrogens with zero attached hydrogens (tertiary/aromatic N) is 6. The lowest BCUT2D eigenvalue weighted by Gasteiger charge is -1.97. The number of nitrogens with one attached hydrogen (secondary N) is 2. The van der Waals surface area contributed by atoms with E-state index in [0.717, 1.165) is 0 Å². The molecule has 6 rings (SSSR count). The quantitative estimate of drug-likeness (QED) is 0.318. The van der Waals surface area contributed by atoms with Gasteiger partial charge >= 0.3 is 0 Å². The Morgan fingerprint density at radius 3 is 2.27 bits per heavy atom. The average molecular weight is 438 g/mol. The Balaban J connectivity index is 0.000000139. The zero-order chi connectivity index (χ0) is 22.9. The smallest absolute Gasteiger partial charge is 0.282 e. The van der Waals surface area contributed by atoms with Crippen LogP contribution in [0.1, 0.15) is 5.56 Å². The Morgan fingerprint density at radius 1 is 0.970 bits per heavy atom. The van der Waals surface area contributed by atoms with Gasteiger partial charge in [-0.2, -0.15) is 19.4 Å². The van der Waals surface area contributed by atoms with Crippen LogP contribution in [-0.2, 0) is 0 Å². The van der Waals surface area contributed by atoms with Gasteiger partial charge in [0.1, 0.15) is 11.6 Å². The Kier molecular flexibility index (Phi) is 4.74. The maximum absolute atomic E-state index is 12.1. The molecule has 11 nitrogen and oxygen atoms in total. The molecule has 6 aromatic rings. The highest BCUT2D eigenvalue weighted by atomic mass is 16.5. The van der Waals surface area contributed by atoms with Crippen LogP contribution in [0.25, 0.3) is 39.3 Å². The topological polar surface area (TPSA) is 153 Å². The SMILES string of the molecule is N#Cc1c[nH]n2c(=O)c3ccccc3nc12.O=c1c2ccccc2nc2c(=CNO)cnn12. The van der Waals surface area contributed by atoms with E-state index >= 15 is 0 Å². The molecule has 0 fully saturated rings.